The van der Waals surface area contributed by atoms with E-state index in [2.05, 4.69) is 46.9 Å². The van der Waals surface area contributed by atoms with E-state index in [9.17, 15) is 0 Å². The molecule has 2 N–H and O–H groups in total. The maximum Gasteiger partial charge on any atom is 0.0511 e. The summed E-state index contributed by atoms with van der Waals surface area (Å²) in [5, 5.41) is 0.760. The van der Waals surface area contributed by atoms with Gasteiger partial charge in [0.15, 0.2) is 0 Å². The minimum absolute atomic E-state index is 0.216. The Labute approximate surface area is 133 Å². The maximum atomic E-state index is 6.08. The Balaban J connectivity index is 2.36. The van der Waals surface area contributed by atoms with Gasteiger partial charge in [0.05, 0.1) is 6.04 Å². The van der Waals surface area contributed by atoms with Crippen LogP contribution in [0.5, 0.6) is 0 Å². The van der Waals surface area contributed by atoms with Crippen molar-refractivity contribution >= 4 is 33.2 Å². The average Bonchev–Trinajstić information content (AvgIpc) is 2.45. The zero-order valence-corrected chi connectivity index (χ0v) is 13.9. The molecule has 0 aromatic heterocycles. The smallest absolute Gasteiger partial charge is 0.0511 e. The molecular weight excluding hydrogens is 336 g/mol. The second-order valence-electron chi connectivity index (χ2n) is 4.78. The first-order chi connectivity index (χ1) is 9.54. The number of hydrogen-bond acceptors (Lipinski definition) is 2. The molecule has 0 amide bonds. The summed E-state index contributed by atoms with van der Waals surface area (Å²) in [6.45, 7) is 2.66. The first-order valence-electron chi connectivity index (χ1n) is 6.50. The van der Waals surface area contributed by atoms with Gasteiger partial charge in [0.25, 0.3) is 0 Å². The normalized spacial score (nSPS) is 12.2. The molecule has 0 aliphatic carbocycles. The topological polar surface area (TPSA) is 29.3 Å². The zero-order valence-electron chi connectivity index (χ0n) is 11.6. The fourth-order valence-electron chi connectivity index (χ4n) is 2.28. The number of benzene rings is 2. The van der Waals surface area contributed by atoms with Crippen LogP contribution in [0.1, 0.15) is 24.1 Å². The number of rotatable bonds is 4. The molecule has 0 aliphatic rings. The summed E-state index contributed by atoms with van der Waals surface area (Å²) in [4.78, 5) is 2.22. The molecule has 2 aromatic rings. The minimum Gasteiger partial charge on any atom is -0.368 e. The van der Waals surface area contributed by atoms with Crippen LogP contribution in [0.15, 0.2) is 46.9 Å². The molecule has 2 aromatic carbocycles. The van der Waals surface area contributed by atoms with Crippen LogP contribution in [0.2, 0.25) is 5.02 Å². The fourth-order valence-corrected chi connectivity index (χ4v) is 2.99. The molecule has 0 saturated heterocycles. The summed E-state index contributed by atoms with van der Waals surface area (Å²) < 4.78 is 1.04. The number of halogens is 2. The second-order valence-corrected chi connectivity index (χ2v) is 6.07. The van der Waals surface area contributed by atoms with Gasteiger partial charge in [0.1, 0.15) is 0 Å². The van der Waals surface area contributed by atoms with Gasteiger partial charge in [0, 0.05) is 34.3 Å². The molecule has 0 heterocycles. The van der Waals surface area contributed by atoms with Crippen LogP contribution in [0.3, 0.4) is 0 Å². The number of hydrogen-bond donors (Lipinski definition) is 1. The monoisotopic (exact) mass is 352 g/mol. The Kier molecular flexibility index (Phi) is 5.08. The summed E-state index contributed by atoms with van der Waals surface area (Å²) in [5.41, 5.74) is 9.31. The van der Waals surface area contributed by atoms with Crippen molar-refractivity contribution in [1.29, 1.82) is 0 Å². The van der Waals surface area contributed by atoms with Gasteiger partial charge in [-0.25, -0.2) is 0 Å². The average molecular weight is 354 g/mol. The Bertz CT molecular complexity index is 601. The van der Waals surface area contributed by atoms with Gasteiger partial charge < -0.3 is 10.6 Å². The van der Waals surface area contributed by atoms with E-state index in [1.165, 1.54) is 5.56 Å². The molecule has 0 fully saturated rings. The molecule has 0 radical (unpaired) electrons. The van der Waals surface area contributed by atoms with Crippen LogP contribution in [0, 0.1) is 0 Å². The molecule has 2 rings (SSSR count). The van der Waals surface area contributed by atoms with Gasteiger partial charge in [-0.3, -0.25) is 0 Å². The highest BCUT2D eigenvalue weighted by atomic mass is 79.9. The van der Waals surface area contributed by atoms with Crippen LogP contribution < -0.4 is 10.6 Å². The predicted octanol–water partition coefficient (Wildman–Crippen LogP) is 4.76. The zero-order chi connectivity index (χ0) is 14.7. The molecule has 2 nitrogen and oxygen atoms in total. The van der Waals surface area contributed by atoms with Crippen LogP contribution in [-0.2, 0) is 6.54 Å². The van der Waals surface area contributed by atoms with Crippen LogP contribution in [0.4, 0.5) is 5.69 Å². The fraction of sp³-hybridized carbons (Fsp3) is 0.250. The Morgan fingerprint density at radius 3 is 2.60 bits per heavy atom. The molecule has 4 heteroatoms. The lowest BCUT2D eigenvalue weighted by Gasteiger charge is -2.29. The Hall–Kier alpha value is -1.03. The van der Waals surface area contributed by atoms with Gasteiger partial charge in [-0.2, -0.15) is 0 Å². The molecule has 0 saturated carbocycles. The highest BCUT2D eigenvalue weighted by Gasteiger charge is 2.16. The summed E-state index contributed by atoms with van der Waals surface area (Å²) in [6.07, 6.45) is 0. The lowest BCUT2D eigenvalue weighted by molar-refractivity contribution is 0.734. The predicted molar refractivity (Wildman–Crippen MR) is 90.3 cm³/mol. The Morgan fingerprint density at radius 2 is 1.95 bits per heavy atom. The van der Waals surface area contributed by atoms with Crippen LogP contribution in [0.25, 0.3) is 0 Å². The van der Waals surface area contributed by atoms with Gasteiger partial charge in [0.2, 0.25) is 0 Å². The molecule has 1 unspecified atom stereocenters. The van der Waals surface area contributed by atoms with E-state index in [1.54, 1.807) is 0 Å². The molecule has 20 heavy (non-hydrogen) atoms. The summed E-state index contributed by atoms with van der Waals surface area (Å²) in [5.74, 6) is 0. The summed E-state index contributed by atoms with van der Waals surface area (Å²) in [7, 11) is 2.08. The third kappa shape index (κ3) is 3.17. The SMILES string of the molecule is CC(c1cccc(Cl)c1)N(C)c1cccc(Br)c1CN. The van der Waals surface area contributed by atoms with Gasteiger partial charge in [-0.1, -0.05) is 45.7 Å². The maximum absolute atomic E-state index is 6.08. The standard InChI is InChI=1S/C16H18BrClN2/c1-11(12-5-3-6-13(18)9-12)20(2)16-8-4-7-15(17)14(16)10-19/h3-9,11H,10,19H2,1-2H3. The van der Waals surface area contributed by atoms with Crippen molar-refractivity contribution in [2.75, 3.05) is 11.9 Å². The molecule has 106 valence electrons. The van der Waals surface area contributed by atoms with Gasteiger partial charge in [-0.15, -0.1) is 0 Å². The number of nitrogens with zero attached hydrogens (tertiary/aromatic N) is 1. The quantitative estimate of drug-likeness (QED) is 0.858. The van der Waals surface area contributed by atoms with Crippen molar-refractivity contribution in [2.24, 2.45) is 5.73 Å². The summed E-state index contributed by atoms with van der Waals surface area (Å²) >= 11 is 9.64. The van der Waals surface area contributed by atoms with E-state index in [4.69, 9.17) is 17.3 Å². The van der Waals surface area contributed by atoms with E-state index < -0.39 is 0 Å². The van der Waals surface area contributed by atoms with E-state index in [-0.39, 0.29) is 6.04 Å². The molecular formula is C16H18BrClN2. The van der Waals surface area contributed by atoms with Gasteiger partial charge >= 0.3 is 0 Å². The lowest BCUT2D eigenvalue weighted by atomic mass is 10.1. The van der Waals surface area contributed by atoms with Crippen molar-refractivity contribution in [2.45, 2.75) is 19.5 Å². The highest BCUT2D eigenvalue weighted by molar-refractivity contribution is 9.10. The van der Waals surface area contributed by atoms with Crippen LogP contribution in [-0.4, -0.2) is 7.05 Å². The summed E-state index contributed by atoms with van der Waals surface area (Å²) in [6, 6.07) is 14.3. The van der Waals surface area contributed by atoms with Crippen LogP contribution >= 0.6 is 27.5 Å². The number of anilines is 1. The van der Waals surface area contributed by atoms with Crippen molar-refractivity contribution in [1.82, 2.24) is 0 Å². The Morgan fingerprint density at radius 1 is 1.25 bits per heavy atom. The van der Waals surface area contributed by atoms with E-state index >= 15 is 0 Å². The first kappa shape index (κ1) is 15.4. The van der Waals surface area contributed by atoms with Crippen molar-refractivity contribution in [3.63, 3.8) is 0 Å². The molecule has 1 atom stereocenters. The van der Waals surface area contributed by atoms with Crippen molar-refractivity contribution in [3.05, 3.63) is 63.1 Å². The van der Waals surface area contributed by atoms with Crippen molar-refractivity contribution < 1.29 is 0 Å². The highest BCUT2D eigenvalue weighted by Crippen LogP contribution is 2.32. The third-order valence-corrected chi connectivity index (χ3v) is 4.57. The van der Waals surface area contributed by atoms with E-state index in [0.717, 1.165) is 20.7 Å². The van der Waals surface area contributed by atoms with E-state index in [0.29, 0.717) is 6.54 Å². The first-order valence-corrected chi connectivity index (χ1v) is 7.67. The minimum atomic E-state index is 0.216. The second kappa shape index (κ2) is 6.61. The van der Waals surface area contributed by atoms with Gasteiger partial charge in [-0.05, 0) is 36.8 Å². The molecule has 0 bridgehead atoms. The van der Waals surface area contributed by atoms with Crippen molar-refractivity contribution in [3.8, 4) is 0 Å². The molecule has 0 spiro atoms. The third-order valence-electron chi connectivity index (χ3n) is 3.59. The lowest BCUT2D eigenvalue weighted by Crippen LogP contribution is -2.23. The van der Waals surface area contributed by atoms with E-state index in [1.807, 2.05) is 30.3 Å². The number of nitrogens with two attached hydrogens (primary N) is 1. The molecule has 0 aliphatic heterocycles. The largest absolute Gasteiger partial charge is 0.368 e.